The lowest BCUT2D eigenvalue weighted by atomic mass is 10.3. The van der Waals surface area contributed by atoms with E-state index in [-0.39, 0.29) is 11.7 Å². The number of hydrogen-bond acceptors (Lipinski definition) is 3. The van der Waals surface area contributed by atoms with E-state index in [2.05, 4.69) is 5.32 Å². The zero-order valence-corrected chi connectivity index (χ0v) is 12.3. The molecule has 0 spiro atoms. The summed E-state index contributed by atoms with van der Waals surface area (Å²) in [6.45, 7) is 2.37. The molecule has 1 amide bonds. The Morgan fingerprint density at radius 1 is 1.05 bits per heavy atom. The first-order valence-corrected chi connectivity index (χ1v) is 7.03. The molecule has 0 saturated heterocycles. The lowest BCUT2D eigenvalue weighted by molar-refractivity contribution is -0.114. The normalized spacial score (nSPS) is 10.1. The van der Waals surface area contributed by atoms with Gasteiger partial charge in [0, 0.05) is 13.3 Å². The van der Waals surface area contributed by atoms with E-state index in [0.717, 1.165) is 0 Å². The molecule has 116 valence electrons. The Balaban J connectivity index is 1.74. The van der Waals surface area contributed by atoms with E-state index in [4.69, 9.17) is 9.47 Å². The predicted octanol–water partition coefficient (Wildman–Crippen LogP) is 3.63. The van der Waals surface area contributed by atoms with E-state index in [1.807, 2.05) is 12.1 Å². The number of amides is 1. The fraction of sp³-hybridized carbons (Fsp3) is 0.235. The van der Waals surface area contributed by atoms with E-state index in [0.29, 0.717) is 36.8 Å². The predicted molar refractivity (Wildman–Crippen MR) is 82.8 cm³/mol. The summed E-state index contributed by atoms with van der Waals surface area (Å²) in [5.41, 5.74) is 0.648. The van der Waals surface area contributed by atoms with Crippen LogP contribution in [0.3, 0.4) is 0 Å². The molecule has 0 unspecified atom stereocenters. The molecule has 1 N–H and O–H groups in total. The average molecular weight is 303 g/mol. The second-order valence-electron chi connectivity index (χ2n) is 4.68. The summed E-state index contributed by atoms with van der Waals surface area (Å²) < 4.78 is 23.9. The van der Waals surface area contributed by atoms with Gasteiger partial charge >= 0.3 is 0 Å². The van der Waals surface area contributed by atoms with E-state index in [1.54, 1.807) is 24.3 Å². The molecule has 0 aromatic heterocycles. The summed E-state index contributed by atoms with van der Waals surface area (Å²) in [4.78, 5) is 11.1. The van der Waals surface area contributed by atoms with E-state index in [9.17, 15) is 9.18 Å². The highest BCUT2D eigenvalue weighted by Crippen LogP contribution is 2.23. The minimum absolute atomic E-state index is 0.143. The number of hydrogen-bond donors (Lipinski definition) is 1. The molecule has 0 fully saturated rings. The quantitative estimate of drug-likeness (QED) is 0.795. The van der Waals surface area contributed by atoms with Crippen molar-refractivity contribution >= 4 is 11.6 Å². The largest absolute Gasteiger partial charge is 0.493 e. The van der Waals surface area contributed by atoms with Gasteiger partial charge in [-0.3, -0.25) is 4.79 Å². The number of rotatable bonds is 7. The summed E-state index contributed by atoms with van der Waals surface area (Å²) in [5, 5.41) is 2.71. The molecule has 5 heteroatoms. The van der Waals surface area contributed by atoms with Crippen molar-refractivity contribution in [1.29, 1.82) is 0 Å². The van der Waals surface area contributed by atoms with Gasteiger partial charge in [0.2, 0.25) is 5.91 Å². The van der Waals surface area contributed by atoms with E-state index in [1.165, 1.54) is 19.1 Å². The van der Waals surface area contributed by atoms with Gasteiger partial charge in [0.05, 0.1) is 18.9 Å². The molecule has 2 aromatic rings. The lowest BCUT2D eigenvalue weighted by Crippen LogP contribution is -2.09. The molecule has 4 nitrogen and oxygen atoms in total. The standard InChI is InChI=1S/C17H18FNO3/c1-13(20)19-16-5-2-3-6-17(16)22-12-4-11-21-15-9-7-14(18)8-10-15/h2-3,5-10H,4,11-12H2,1H3,(H,19,20). The van der Waals surface area contributed by atoms with Crippen LogP contribution in [0.5, 0.6) is 11.5 Å². The third-order valence-electron chi connectivity index (χ3n) is 2.83. The van der Waals surface area contributed by atoms with Gasteiger partial charge in [-0.05, 0) is 36.4 Å². The van der Waals surface area contributed by atoms with Crippen LogP contribution >= 0.6 is 0 Å². The summed E-state index contributed by atoms with van der Waals surface area (Å²) >= 11 is 0. The fourth-order valence-electron chi connectivity index (χ4n) is 1.85. The van der Waals surface area contributed by atoms with Crippen molar-refractivity contribution in [3.05, 3.63) is 54.3 Å². The zero-order valence-electron chi connectivity index (χ0n) is 12.3. The zero-order chi connectivity index (χ0) is 15.8. The molecule has 0 aliphatic carbocycles. The molecule has 0 heterocycles. The van der Waals surface area contributed by atoms with Crippen LogP contribution in [-0.2, 0) is 4.79 Å². The first-order valence-electron chi connectivity index (χ1n) is 7.03. The van der Waals surface area contributed by atoms with Crippen molar-refractivity contribution in [2.24, 2.45) is 0 Å². The Bertz CT molecular complexity index is 614. The number of carbonyl (C=O) groups is 1. The Morgan fingerprint density at radius 2 is 1.73 bits per heavy atom. The van der Waals surface area contributed by atoms with Gasteiger partial charge in [0.15, 0.2) is 0 Å². The molecule has 0 aliphatic rings. The molecular weight excluding hydrogens is 285 g/mol. The third kappa shape index (κ3) is 5.09. The van der Waals surface area contributed by atoms with Crippen molar-refractivity contribution in [2.75, 3.05) is 18.5 Å². The number of anilines is 1. The molecule has 0 bridgehead atoms. The number of benzene rings is 2. The number of ether oxygens (including phenoxy) is 2. The molecule has 2 aromatic carbocycles. The highest BCUT2D eigenvalue weighted by molar-refractivity contribution is 5.90. The maximum Gasteiger partial charge on any atom is 0.221 e. The van der Waals surface area contributed by atoms with Gasteiger partial charge in [-0.15, -0.1) is 0 Å². The molecule has 0 atom stereocenters. The average Bonchev–Trinajstić information content (AvgIpc) is 2.50. The van der Waals surface area contributed by atoms with Crippen LogP contribution in [0.25, 0.3) is 0 Å². The smallest absolute Gasteiger partial charge is 0.221 e. The SMILES string of the molecule is CC(=O)Nc1ccccc1OCCCOc1ccc(F)cc1. The number of halogens is 1. The summed E-state index contributed by atoms with van der Waals surface area (Å²) in [6, 6.07) is 13.1. The summed E-state index contributed by atoms with van der Waals surface area (Å²) in [7, 11) is 0. The maximum absolute atomic E-state index is 12.7. The van der Waals surface area contributed by atoms with Crippen molar-refractivity contribution in [1.82, 2.24) is 0 Å². The van der Waals surface area contributed by atoms with E-state index >= 15 is 0 Å². The van der Waals surface area contributed by atoms with Gasteiger partial charge in [-0.25, -0.2) is 4.39 Å². The summed E-state index contributed by atoms with van der Waals surface area (Å²) in [5.74, 6) is 0.820. The first kappa shape index (κ1) is 15.8. The minimum atomic E-state index is -0.287. The van der Waals surface area contributed by atoms with Gasteiger partial charge < -0.3 is 14.8 Å². The van der Waals surface area contributed by atoms with Crippen molar-refractivity contribution < 1.29 is 18.7 Å². The maximum atomic E-state index is 12.7. The number of carbonyl (C=O) groups excluding carboxylic acids is 1. The van der Waals surface area contributed by atoms with Crippen LogP contribution in [0.2, 0.25) is 0 Å². The third-order valence-corrected chi connectivity index (χ3v) is 2.83. The van der Waals surface area contributed by atoms with Crippen LogP contribution in [0.1, 0.15) is 13.3 Å². The molecule has 0 radical (unpaired) electrons. The monoisotopic (exact) mass is 303 g/mol. The second kappa shape index (κ2) is 8.02. The van der Waals surface area contributed by atoms with Crippen molar-refractivity contribution in [3.8, 4) is 11.5 Å². The van der Waals surface area contributed by atoms with Gasteiger partial charge in [-0.2, -0.15) is 0 Å². The van der Waals surface area contributed by atoms with Gasteiger partial charge in [0.25, 0.3) is 0 Å². The topological polar surface area (TPSA) is 47.6 Å². The number of nitrogens with one attached hydrogen (secondary N) is 1. The Kier molecular flexibility index (Phi) is 5.77. The lowest BCUT2D eigenvalue weighted by Gasteiger charge is -2.12. The Hall–Kier alpha value is -2.56. The van der Waals surface area contributed by atoms with Gasteiger partial charge in [0.1, 0.15) is 17.3 Å². The number of para-hydroxylation sites is 2. The first-order chi connectivity index (χ1) is 10.6. The van der Waals surface area contributed by atoms with E-state index < -0.39 is 0 Å². The van der Waals surface area contributed by atoms with Crippen LogP contribution in [-0.4, -0.2) is 19.1 Å². The molecule has 0 aliphatic heterocycles. The van der Waals surface area contributed by atoms with Gasteiger partial charge in [-0.1, -0.05) is 12.1 Å². The van der Waals surface area contributed by atoms with Crippen LogP contribution < -0.4 is 14.8 Å². The van der Waals surface area contributed by atoms with Crippen molar-refractivity contribution in [2.45, 2.75) is 13.3 Å². The highest BCUT2D eigenvalue weighted by Gasteiger charge is 2.04. The minimum Gasteiger partial charge on any atom is -0.493 e. The molecule has 22 heavy (non-hydrogen) atoms. The molecular formula is C17H18FNO3. The Morgan fingerprint density at radius 3 is 2.45 bits per heavy atom. The van der Waals surface area contributed by atoms with Crippen LogP contribution in [0.4, 0.5) is 10.1 Å². The van der Waals surface area contributed by atoms with Crippen LogP contribution in [0, 0.1) is 5.82 Å². The highest BCUT2D eigenvalue weighted by atomic mass is 19.1. The fourth-order valence-corrected chi connectivity index (χ4v) is 1.85. The summed E-state index contributed by atoms with van der Waals surface area (Å²) in [6.07, 6.45) is 0.672. The molecule has 2 rings (SSSR count). The van der Waals surface area contributed by atoms with Crippen LogP contribution in [0.15, 0.2) is 48.5 Å². The molecule has 0 saturated carbocycles. The van der Waals surface area contributed by atoms with Crippen molar-refractivity contribution in [3.63, 3.8) is 0 Å². The second-order valence-corrected chi connectivity index (χ2v) is 4.68. The Labute approximate surface area is 128 Å².